The van der Waals surface area contributed by atoms with Crippen LogP contribution in [0.3, 0.4) is 0 Å². The number of aromatic amines is 1. The van der Waals surface area contributed by atoms with Gasteiger partial charge in [-0.2, -0.15) is 5.10 Å². The maximum atomic E-state index is 12.0. The van der Waals surface area contributed by atoms with Gasteiger partial charge in [0.05, 0.1) is 5.69 Å². The summed E-state index contributed by atoms with van der Waals surface area (Å²) in [5.74, 6) is 0.240. The molecule has 0 saturated carbocycles. The Hall–Kier alpha value is -1.66. The molecule has 1 unspecified atom stereocenters. The normalized spacial score (nSPS) is 12.2. The third-order valence-electron chi connectivity index (χ3n) is 3.40. The van der Waals surface area contributed by atoms with Crippen molar-refractivity contribution in [3.05, 3.63) is 34.3 Å². The van der Waals surface area contributed by atoms with Crippen molar-refractivity contribution in [3.63, 3.8) is 0 Å². The number of rotatable bonds is 5. The lowest BCUT2D eigenvalue weighted by Crippen LogP contribution is -2.27. The molecule has 1 amide bonds. The van der Waals surface area contributed by atoms with Crippen LogP contribution in [0.25, 0.3) is 11.3 Å². The highest BCUT2D eigenvalue weighted by molar-refractivity contribution is 9.10. The van der Waals surface area contributed by atoms with E-state index in [2.05, 4.69) is 31.4 Å². The van der Waals surface area contributed by atoms with Gasteiger partial charge in [0.1, 0.15) is 0 Å². The van der Waals surface area contributed by atoms with Crippen LogP contribution in [0.1, 0.15) is 19.4 Å². The van der Waals surface area contributed by atoms with Crippen LogP contribution in [0.2, 0.25) is 0 Å². The molecule has 112 valence electrons. The van der Waals surface area contributed by atoms with Crippen molar-refractivity contribution in [1.82, 2.24) is 10.2 Å². The van der Waals surface area contributed by atoms with Crippen molar-refractivity contribution in [1.29, 1.82) is 0 Å². The lowest BCUT2D eigenvalue weighted by atomic mass is 10.1. The lowest BCUT2D eigenvalue weighted by molar-refractivity contribution is -0.119. The molecule has 6 heteroatoms. The molecule has 5 nitrogen and oxygen atoms in total. The van der Waals surface area contributed by atoms with Crippen LogP contribution in [0.4, 0.5) is 5.82 Å². The summed E-state index contributed by atoms with van der Waals surface area (Å²) in [4.78, 5) is 12.0. The molecule has 1 heterocycles. The Morgan fingerprint density at radius 2 is 2.10 bits per heavy atom. The molecule has 1 aromatic carbocycles. The number of benzene rings is 1. The Kier molecular flexibility index (Phi) is 5.14. The number of carbonyl (C=O) groups excluding carboxylic acids is 1. The van der Waals surface area contributed by atoms with E-state index in [9.17, 15) is 4.79 Å². The quantitative estimate of drug-likeness (QED) is 0.774. The van der Waals surface area contributed by atoms with Gasteiger partial charge in [0, 0.05) is 22.5 Å². The van der Waals surface area contributed by atoms with Gasteiger partial charge in [-0.3, -0.25) is 9.89 Å². The summed E-state index contributed by atoms with van der Waals surface area (Å²) in [5.41, 5.74) is 8.48. The van der Waals surface area contributed by atoms with Gasteiger partial charge in [-0.1, -0.05) is 41.9 Å². The fourth-order valence-corrected chi connectivity index (χ4v) is 2.28. The van der Waals surface area contributed by atoms with Gasteiger partial charge in [0.2, 0.25) is 5.91 Å². The van der Waals surface area contributed by atoms with Gasteiger partial charge in [0.25, 0.3) is 0 Å². The van der Waals surface area contributed by atoms with Gasteiger partial charge >= 0.3 is 0 Å². The van der Waals surface area contributed by atoms with Crippen LogP contribution in [-0.2, 0) is 11.2 Å². The van der Waals surface area contributed by atoms with Gasteiger partial charge in [-0.15, -0.1) is 0 Å². The Balaban J connectivity index is 2.30. The number of nitrogens with zero attached hydrogens (tertiary/aromatic N) is 1. The minimum atomic E-state index is -0.234. The Labute approximate surface area is 132 Å². The van der Waals surface area contributed by atoms with Crippen molar-refractivity contribution in [2.24, 2.45) is 11.7 Å². The van der Waals surface area contributed by atoms with Crippen LogP contribution in [0.5, 0.6) is 0 Å². The molecule has 0 bridgehead atoms. The van der Waals surface area contributed by atoms with Crippen LogP contribution in [0.15, 0.2) is 28.7 Å². The Morgan fingerprint density at radius 3 is 2.67 bits per heavy atom. The second-order valence-corrected chi connectivity index (χ2v) is 5.83. The van der Waals surface area contributed by atoms with Gasteiger partial charge in [-0.05, 0) is 24.1 Å². The minimum absolute atomic E-state index is 0.110. The van der Waals surface area contributed by atoms with E-state index in [1.54, 1.807) is 6.92 Å². The topological polar surface area (TPSA) is 83.8 Å². The smallest absolute Gasteiger partial charge is 0.229 e. The largest absolute Gasteiger partial charge is 0.330 e. The van der Waals surface area contributed by atoms with E-state index in [1.807, 2.05) is 31.2 Å². The first-order chi connectivity index (χ1) is 10.1. The summed E-state index contributed by atoms with van der Waals surface area (Å²) >= 11 is 3.42. The average Bonchev–Trinajstić information content (AvgIpc) is 2.89. The molecule has 0 radical (unpaired) electrons. The molecule has 2 aromatic rings. The number of hydrogen-bond acceptors (Lipinski definition) is 3. The predicted octanol–water partition coefficient (Wildman–Crippen LogP) is 2.93. The molecule has 0 fully saturated rings. The molecule has 0 spiro atoms. The predicted molar refractivity (Wildman–Crippen MR) is 87.9 cm³/mol. The first kappa shape index (κ1) is 15.7. The molecule has 0 aliphatic carbocycles. The third kappa shape index (κ3) is 3.51. The van der Waals surface area contributed by atoms with Crippen LogP contribution in [-0.4, -0.2) is 22.6 Å². The van der Waals surface area contributed by atoms with Crippen LogP contribution < -0.4 is 11.1 Å². The van der Waals surface area contributed by atoms with Gasteiger partial charge < -0.3 is 11.1 Å². The van der Waals surface area contributed by atoms with Crippen molar-refractivity contribution in [2.45, 2.75) is 20.3 Å². The zero-order valence-electron chi connectivity index (χ0n) is 12.1. The van der Waals surface area contributed by atoms with E-state index < -0.39 is 0 Å². The first-order valence-corrected chi connectivity index (χ1v) is 7.70. The lowest BCUT2D eigenvalue weighted by Gasteiger charge is -2.09. The fourth-order valence-electron chi connectivity index (χ4n) is 2.02. The number of amides is 1. The van der Waals surface area contributed by atoms with Crippen molar-refractivity contribution < 1.29 is 4.79 Å². The molecule has 4 N–H and O–H groups in total. The number of nitrogens with two attached hydrogens (primary N) is 1. The number of hydrogen-bond donors (Lipinski definition) is 3. The number of aromatic nitrogens is 2. The molecule has 1 aromatic heterocycles. The molecule has 0 aliphatic heterocycles. The van der Waals surface area contributed by atoms with E-state index in [0.717, 1.165) is 27.7 Å². The van der Waals surface area contributed by atoms with Gasteiger partial charge in [-0.25, -0.2) is 0 Å². The van der Waals surface area contributed by atoms with Crippen molar-refractivity contribution in [3.8, 4) is 11.3 Å². The van der Waals surface area contributed by atoms with E-state index >= 15 is 0 Å². The SMILES string of the molecule is CCc1c(NC(=O)C(C)CN)n[nH]c1-c1ccc(Br)cc1. The summed E-state index contributed by atoms with van der Waals surface area (Å²) in [6.07, 6.45) is 0.772. The summed E-state index contributed by atoms with van der Waals surface area (Å²) < 4.78 is 1.02. The maximum absolute atomic E-state index is 12.0. The zero-order chi connectivity index (χ0) is 15.4. The van der Waals surface area contributed by atoms with Crippen LogP contribution >= 0.6 is 15.9 Å². The molecule has 0 saturated heterocycles. The zero-order valence-corrected chi connectivity index (χ0v) is 13.7. The summed E-state index contributed by atoms with van der Waals surface area (Å²) in [6, 6.07) is 7.96. The fraction of sp³-hybridized carbons (Fsp3) is 0.333. The number of halogens is 1. The first-order valence-electron chi connectivity index (χ1n) is 6.90. The molecular formula is C15H19BrN4O. The van der Waals surface area contributed by atoms with E-state index in [1.165, 1.54) is 0 Å². The van der Waals surface area contributed by atoms with Crippen molar-refractivity contribution in [2.75, 3.05) is 11.9 Å². The number of H-pyrrole nitrogens is 1. The van der Waals surface area contributed by atoms with E-state index in [0.29, 0.717) is 12.4 Å². The second-order valence-electron chi connectivity index (χ2n) is 4.91. The Morgan fingerprint density at radius 1 is 1.43 bits per heavy atom. The number of nitrogens with one attached hydrogen (secondary N) is 2. The third-order valence-corrected chi connectivity index (χ3v) is 3.92. The monoisotopic (exact) mass is 350 g/mol. The summed E-state index contributed by atoms with van der Waals surface area (Å²) in [6.45, 7) is 4.15. The molecular weight excluding hydrogens is 332 g/mol. The standard InChI is InChI=1S/C15H19BrN4O/c1-3-12-13(10-4-6-11(16)7-5-10)19-20-14(12)18-15(21)9(2)8-17/h4-7,9H,3,8,17H2,1-2H3,(H2,18,19,20,21). The second kappa shape index (κ2) is 6.87. The average molecular weight is 351 g/mol. The van der Waals surface area contributed by atoms with Gasteiger partial charge in [0.15, 0.2) is 5.82 Å². The highest BCUT2D eigenvalue weighted by atomic mass is 79.9. The summed E-state index contributed by atoms with van der Waals surface area (Å²) in [5, 5.41) is 10.1. The molecule has 21 heavy (non-hydrogen) atoms. The van der Waals surface area contributed by atoms with E-state index in [4.69, 9.17) is 5.73 Å². The number of carbonyl (C=O) groups is 1. The van der Waals surface area contributed by atoms with Crippen LogP contribution in [0, 0.1) is 5.92 Å². The maximum Gasteiger partial charge on any atom is 0.229 e. The highest BCUT2D eigenvalue weighted by Crippen LogP contribution is 2.28. The van der Waals surface area contributed by atoms with Crippen molar-refractivity contribution >= 4 is 27.7 Å². The molecule has 2 rings (SSSR count). The minimum Gasteiger partial charge on any atom is -0.330 e. The van der Waals surface area contributed by atoms with E-state index in [-0.39, 0.29) is 11.8 Å². The Bertz CT molecular complexity index is 621. The summed E-state index contributed by atoms with van der Waals surface area (Å²) in [7, 11) is 0. The molecule has 0 aliphatic rings. The number of anilines is 1. The highest BCUT2D eigenvalue weighted by Gasteiger charge is 2.17. The molecule has 1 atom stereocenters.